The first-order valence-corrected chi connectivity index (χ1v) is 6.30. The summed E-state index contributed by atoms with van der Waals surface area (Å²) < 4.78 is 10.5. The molecule has 5 nitrogen and oxygen atoms in total. The number of ether oxygens (including phenoxy) is 1. The van der Waals surface area contributed by atoms with Gasteiger partial charge in [-0.3, -0.25) is 4.79 Å². The van der Waals surface area contributed by atoms with Crippen LogP contribution in [0, 0.1) is 6.92 Å². The van der Waals surface area contributed by atoms with Gasteiger partial charge < -0.3 is 9.26 Å². The fourth-order valence-corrected chi connectivity index (χ4v) is 2.26. The third kappa shape index (κ3) is 2.50. The zero-order valence-electron chi connectivity index (χ0n) is 10.7. The minimum atomic E-state index is 0.224. The summed E-state index contributed by atoms with van der Waals surface area (Å²) in [6.07, 6.45) is 2.49. The van der Waals surface area contributed by atoms with Crippen LogP contribution in [0.3, 0.4) is 0 Å². The summed E-state index contributed by atoms with van der Waals surface area (Å²) in [7, 11) is 0. The summed E-state index contributed by atoms with van der Waals surface area (Å²) >= 11 is 0. The highest BCUT2D eigenvalue weighted by atomic mass is 16.5. The van der Waals surface area contributed by atoms with E-state index < -0.39 is 0 Å². The number of hydrogen-bond donors (Lipinski definition) is 0. The highest BCUT2D eigenvalue weighted by Crippen LogP contribution is 2.25. The third-order valence-electron chi connectivity index (χ3n) is 3.16. The highest BCUT2D eigenvalue weighted by Gasteiger charge is 2.17. The lowest BCUT2D eigenvalue weighted by Crippen LogP contribution is -2.10. The van der Waals surface area contributed by atoms with Crippen molar-refractivity contribution in [2.45, 2.75) is 32.8 Å². The second-order valence-corrected chi connectivity index (χ2v) is 4.61. The van der Waals surface area contributed by atoms with Crippen molar-refractivity contribution in [2.75, 3.05) is 0 Å². The standard InChI is InChI=1S/C14H14N2O3/c1-9-15-14(16-19-9)8-18-11-5-6-12-10(7-11)3-2-4-13(12)17/h5-7H,2-4,8H2,1H3. The van der Waals surface area contributed by atoms with E-state index in [2.05, 4.69) is 10.1 Å². The van der Waals surface area contributed by atoms with Crippen molar-refractivity contribution in [3.8, 4) is 5.75 Å². The fourth-order valence-electron chi connectivity index (χ4n) is 2.26. The lowest BCUT2D eigenvalue weighted by molar-refractivity contribution is 0.0972. The Bertz CT molecular complexity index is 619. The lowest BCUT2D eigenvalue weighted by atomic mass is 9.91. The van der Waals surface area contributed by atoms with E-state index in [9.17, 15) is 4.79 Å². The summed E-state index contributed by atoms with van der Waals surface area (Å²) in [5.74, 6) is 2.00. The Labute approximate surface area is 110 Å². The van der Waals surface area contributed by atoms with Gasteiger partial charge in [0.05, 0.1) is 0 Å². The van der Waals surface area contributed by atoms with E-state index in [1.165, 1.54) is 0 Å². The Balaban J connectivity index is 1.73. The summed E-state index contributed by atoms with van der Waals surface area (Å²) in [6.45, 7) is 2.01. The van der Waals surface area contributed by atoms with Gasteiger partial charge in [-0.2, -0.15) is 4.98 Å². The van der Waals surface area contributed by atoms with Crippen LogP contribution in [0.25, 0.3) is 0 Å². The van der Waals surface area contributed by atoms with Gasteiger partial charge in [-0.15, -0.1) is 0 Å². The molecule has 0 bridgehead atoms. The molecule has 1 heterocycles. The van der Waals surface area contributed by atoms with Crippen LogP contribution in [0.5, 0.6) is 5.75 Å². The Morgan fingerprint density at radius 1 is 1.37 bits per heavy atom. The molecule has 0 N–H and O–H groups in total. The predicted molar refractivity (Wildman–Crippen MR) is 67.1 cm³/mol. The van der Waals surface area contributed by atoms with Crippen LogP contribution in [0.2, 0.25) is 0 Å². The molecule has 3 rings (SSSR count). The Kier molecular flexibility index (Phi) is 3.03. The first-order chi connectivity index (χ1) is 9.22. The maximum absolute atomic E-state index is 11.7. The Hall–Kier alpha value is -2.17. The second kappa shape index (κ2) is 4.84. The monoisotopic (exact) mass is 258 g/mol. The minimum Gasteiger partial charge on any atom is -0.485 e. The number of Topliss-reactive ketones (excluding diaryl/α,β-unsaturated/α-hetero) is 1. The molecule has 0 aliphatic heterocycles. The molecule has 1 aliphatic carbocycles. The van der Waals surface area contributed by atoms with Gasteiger partial charge in [-0.25, -0.2) is 0 Å². The number of carbonyl (C=O) groups excluding carboxylic acids is 1. The summed E-state index contributed by atoms with van der Waals surface area (Å²) in [5.41, 5.74) is 1.90. The van der Waals surface area contributed by atoms with Crippen LogP contribution in [0.1, 0.15) is 40.5 Å². The van der Waals surface area contributed by atoms with E-state index in [-0.39, 0.29) is 12.4 Å². The van der Waals surface area contributed by atoms with E-state index in [1.54, 1.807) is 6.92 Å². The van der Waals surface area contributed by atoms with Gasteiger partial charge >= 0.3 is 0 Å². The van der Waals surface area contributed by atoms with Crippen LogP contribution in [-0.2, 0) is 13.0 Å². The maximum atomic E-state index is 11.7. The number of rotatable bonds is 3. The van der Waals surface area contributed by atoms with E-state index in [0.717, 1.165) is 29.7 Å². The van der Waals surface area contributed by atoms with Gasteiger partial charge in [0, 0.05) is 18.9 Å². The van der Waals surface area contributed by atoms with E-state index in [0.29, 0.717) is 18.1 Å². The van der Waals surface area contributed by atoms with E-state index in [4.69, 9.17) is 9.26 Å². The summed E-state index contributed by atoms with van der Waals surface area (Å²) in [4.78, 5) is 15.8. The molecule has 19 heavy (non-hydrogen) atoms. The lowest BCUT2D eigenvalue weighted by Gasteiger charge is -2.15. The molecule has 0 radical (unpaired) electrons. The largest absolute Gasteiger partial charge is 0.485 e. The van der Waals surface area contributed by atoms with Gasteiger partial charge in [-0.05, 0) is 36.6 Å². The molecule has 0 spiro atoms. The number of aryl methyl sites for hydroxylation is 2. The number of benzene rings is 1. The van der Waals surface area contributed by atoms with Gasteiger partial charge in [-0.1, -0.05) is 5.16 Å². The molecule has 1 aromatic heterocycles. The van der Waals surface area contributed by atoms with Crippen LogP contribution < -0.4 is 4.74 Å². The molecule has 98 valence electrons. The molecule has 1 aliphatic rings. The number of carbonyl (C=O) groups is 1. The van der Waals surface area contributed by atoms with Crippen LogP contribution in [0.15, 0.2) is 22.7 Å². The zero-order chi connectivity index (χ0) is 13.2. The molecule has 2 aromatic rings. The topological polar surface area (TPSA) is 65.2 Å². The number of aromatic nitrogens is 2. The van der Waals surface area contributed by atoms with E-state index in [1.807, 2.05) is 18.2 Å². The van der Waals surface area contributed by atoms with Crippen molar-refractivity contribution in [3.63, 3.8) is 0 Å². The molecular weight excluding hydrogens is 244 g/mol. The van der Waals surface area contributed by atoms with Crippen molar-refractivity contribution in [3.05, 3.63) is 41.0 Å². The molecule has 1 aromatic carbocycles. The third-order valence-corrected chi connectivity index (χ3v) is 3.16. The van der Waals surface area contributed by atoms with Crippen molar-refractivity contribution >= 4 is 5.78 Å². The molecule has 0 fully saturated rings. The molecule has 0 amide bonds. The Morgan fingerprint density at radius 2 is 2.26 bits per heavy atom. The number of nitrogens with zero attached hydrogens (tertiary/aromatic N) is 2. The Morgan fingerprint density at radius 3 is 3.05 bits per heavy atom. The molecular formula is C14H14N2O3. The molecule has 0 saturated heterocycles. The highest BCUT2D eigenvalue weighted by molar-refractivity contribution is 5.98. The number of fused-ring (bicyclic) bond motifs is 1. The summed E-state index contributed by atoms with van der Waals surface area (Å²) in [5, 5.41) is 3.77. The normalized spacial score (nSPS) is 14.3. The van der Waals surface area contributed by atoms with Gasteiger partial charge in [0.2, 0.25) is 11.7 Å². The van der Waals surface area contributed by atoms with Crippen LogP contribution >= 0.6 is 0 Å². The SMILES string of the molecule is Cc1nc(COc2ccc3c(c2)CCCC3=O)no1. The number of hydrogen-bond acceptors (Lipinski definition) is 5. The smallest absolute Gasteiger partial charge is 0.223 e. The van der Waals surface area contributed by atoms with Crippen molar-refractivity contribution in [1.29, 1.82) is 0 Å². The zero-order valence-corrected chi connectivity index (χ0v) is 10.7. The minimum absolute atomic E-state index is 0.224. The van der Waals surface area contributed by atoms with E-state index >= 15 is 0 Å². The van der Waals surface area contributed by atoms with Gasteiger partial charge in [0.15, 0.2) is 12.4 Å². The van der Waals surface area contributed by atoms with Crippen molar-refractivity contribution in [2.24, 2.45) is 0 Å². The maximum Gasteiger partial charge on any atom is 0.223 e. The molecule has 0 atom stereocenters. The molecule has 5 heteroatoms. The first-order valence-electron chi connectivity index (χ1n) is 6.30. The predicted octanol–water partition coefficient (Wildman–Crippen LogP) is 2.48. The average molecular weight is 258 g/mol. The van der Waals surface area contributed by atoms with Gasteiger partial charge in [0.25, 0.3) is 0 Å². The summed E-state index contributed by atoms with van der Waals surface area (Å²) in [6, 6.07) is 5.59. The number of ketones is 1. The van der Waals surface area contributed by atoms with Crippen molar-refractivity contribution in [1.82, 2.24) is 10.1 Å². The van der Waals surface area contributed by atoms with Crippen LogP contribution in [-0.4, -0.2) is 15.9 Å². The van der Waals surface area contributed by atoms with Crippen molar-refractivity contribution < 1.29 is 14.1 Å². The molecule has 0 saturated carbocycles. The second-order valence-electron chi connectivity index (χ2n) is 4.61. The quantitative estimate of drug-likeness (QED) is 0.846. The fraction of sp³-hybridized carbons (Fsp3) is 0.357. The van der Waals surface area contributed by atoms with Crippen LogP contribution in [0.4, 0.5) is 0 Å². The average Bonchev–Trinajstić information content (AvgIpc) is 2.82. The van der Waals surface area contributed by atoms with Gasteiger partial charge in [0.1, 0.15) is 5.75 Å². The molecule has 0 unspecified atom stereocenters. The first kappa shape index (κ1) is 11.9.